The third-order valence-corrected chi connectivity index (χ3v) is 2.15. The van der Waals surface area contributed by atoms with Crippen molar-refractivity contribution in [2.75, 3.05) is 28.3 Å². The molecule has 0 amide bonds. The Kier molecular flexibility index (Phi) is 4.05. The van der Waals surface area contributed by atoms with Crippen LogP contribution in [0.2, 0.25) is 0 Å². The number of methoxy groups -OCH3 is 2. The smallest absolute Gasteiger partial charge is 0.165 e. The van der Waals surface area contributed by atoms with Crippen LogP contribution in [0.25, 0.3) is 0 Å². The SMILES string of the molecule is COc1ccc(C(OC)N(C)C)cc1F. The van der Waals surface area contributed by atoms with Crippen LogP contribution in [0.3, 0.4) is 0 Å². The molecule has 0 radical (unpaired) electrons. The Morgan fingerprint density at radius 3 is 2.33 bits per heavy atom. The van der Waals surface area contributed by atoms with Gasteiger partial charge in [0.1, 0.15) is 6.23 Å². The molecule has 1 atom stereocenters. The highest BCUT2D eigenvalue weighted by Crippen LogP contribution is 2.24. The zero-order valence-electron chi connectivity index (χ0n) is 9.45. The van der Waals surface area contributed by atoms with Gasteiger partial charge in [-0.05, 0) is 31.8 Å². The monoisotopic (exact) mass is 213 g/mol. The number of hydrogen-bond donors (Lipinski definition) is 0. The molecule has 1 rings (SSSR count). The third-order valence-electron chi connectivity index (χ3n) is 2.15. The van der Waals surface area contributed by atoms with Crippen LogP contribution < -0.4 is 4.74 Å². The minimum atomic E-state index is -0.376. The fraction of sp³-hybridized carbons (Fsp3) is 0.455. The van der Waals surface area contributed by atoms with Crippen molar-refractivity contribution < 1.29 is 13.9 Å². The maximum absolute atomic E-state index is 13.4. The molecule has 0 bridgehead atoms. The topological polar surface area (TPSA) is 21.7 Å². The van der Waals surface area contributed by atoms with E-state index in [2.05, 4.69) is 0 Å². The molecule has 0 saturated heterocycles. The highest BCUT2D eigenvalue weighted by molar-refractivity contribution is 5.30. The van der Waals surface area contributed by atoms with Gasteiger partial charge in [-0.3, -0.25) is 4.90 Å². The van der Waals surface area contributed by atoms with Crippen molar-refractivity contribution in [3.8, 4) is 5.75 Å². The van der Waals surface area contributed by atoms with Gasteiger partial charge in [0.25, 0.3) is 0 Å². The average Bonchev–Trinajstić information content (AvgIpc) is 2.18. The Labute approximate surface area is 89.4 Å². The molecule has 0 spiro atoms. The summed E-state index contributed by atoms with van der Waals surface area (Å²) in [5.74, 6) is -0.133. The average molecular weight is 213 g/mol. The number of halogens is 1. The van der Waals surface area contributed by atoms with E-state index < -0.39 is 0 Å². The molecular formula is C11H16FNO2. The number of ether oxygens (including phenoxy) is 2. The Bertz CT molecular complexity index is 328. The Morgan fingerprint density at radius 2 is 1.93 bits per heavy atom. The van der Waals surface area contributed by atoms with Crippen molar-refractivity contribution in [3.63, 3.8) is 0 Å². The van der Waals surface area contributed by atoms with Crippen LogP contribution in [0.1, 0.15) is 11.8 Å². The van der Waals surface area contributed by atoms with E-state index >= 15 is 0 Å². The zero-order chi connectivity index (χ0) is 11.4. The number of benzene rings is 1. The standard InChI is InChI=1S/C11H16FNO2/c1-13(2)11(15-4)8-5-6-10(14-3)9(12)7-8/h5-7,11H,1-4H3. The summed E-state index contributed by atoms with van der Waals surface area (Å²) in [7, 11) is 6.78. The van der Waals surface area contributed by atoms with Crippen molar-refractivity contribution in [2.45, 2.75) is 6.23 Å². The molecule has 1 aromatic carbocycles. The van der Waals surface area contributed by atoms with E-state index in [1.165, 1.54) is 13.2 Å². The molecule has 0 N–H and O–H groups in total. The fourth-order valence-electron chi connectivity index (χ4n) is 1.48. The fourth-order valence-corrected chi connectivity index (χ4v) is 1.48. The molecule has 0 heterocycles. The zero-order valence-corrected chi connectivity index (χ0v) is 9.45. The molecule has 84 valence electrons. The maximum Gasteiger partial charge on any atom is 0.165 e. The van der Waals surface area contributed by atoms with Crippen LogP contribution in [0.15, 0.2) is 18.2 Å². The van der Waals surface area contributed by atoms with Gasteiger partial charge in [-0.2, -0.15) is 0 Å². The van der Waals surface area contributed by atoms with Crippen molar-refractivity contribution in [3.05, 3.63) is 29.6 Å². The molecule has 1 unspecified atom stereocenters. The van der Waals surface area contributed by atoms with E-state index in [4.69, 9.17) is 9.47 Å². The van der Waals surface area contributed by atoms with E-state index in [-0.39, 0.29) is 17.8 Å². The largest absolute Gasteiger partial charge is 0.494 e. The molecule has 0 aliphatic carbocycles. The maximum atomic E-state index is 13.4. The summed E-state index contributed by atoms with van der Waals surface area (Å²) in [5.41, 5.74) is 0.765. The molecule has 0 saturated carbocycles. The Hall–Kier alpha value is -1.13. The normalized spacial score (nSPS) is 12.9. The molecule has 15 heavy (non-hydrogen) atoms. The first-order chi connectivity index (χ1) is 7.10. The summed E-state index contributed by atoms with van der Waals surface area (Å²) in [6, 6.07) is 4.81. The lowest BCUT2D eigenvalue weighted by Gasteiger charge is -2.23. The van der Waals surface area contributed by atoms with E-state index in [1.807, 2.05) is 19.0 Å². The van der Waals surface area contributed by atoms with Crippen molar-refractivity contribution in [2.24, 2.45) is 0 Å². The van der Waals surface area contributed by atoms with Gasteiger partial charge in [-0.25, -0.2) is 4.39 Å². The molecule has 3 nitrogen and oxygen atoms in total. The van der Waals surface area contributed by atoms with Gasteiger partial charge in [0, 0.05) is 7.11 Å². The summed E-state index contributed by atoms with van der Waals surface area (Å²) in [6.45, 7) is 0. The summed E-state index contributed by atoms with van der Waals surface area (Å²) in [5, 5.41) is 0. The van der Waals surface area contributed by atoms with Gasteiger partial charge in [0.05, 0.1) is 7.11 Å². The molecule has 0 aromatic heterocycles. The summed E-state index contributed by atoms with van der Waals surface area (Å²) >= 11 is 0. The molecule has 0 aliphatic rings. The van der Waals surface area contributed by atoms with Gasteiger partial charge < -0.3 is 9.47 Å². The van der Waals surface area contributed by atoms with E-state index in [0.29, 0.717) is 0 Å². The number of nitrogens with zero attached hydrogens (tertiary/aromatic N) is 1. The predicted octanol–water partition coefficient (Wildman–Crippen LogP) is 2.04. The third kappa shape index (κ3) is 2.67. The Balaban J connectivity index is 3.00. The molecular weight excluding hydrogens is 197 g/mol. The van der Waals surface area contributed by atoms with Crippen LogP contribution in [-0.2, 0) is 4.74 Å². The van der Waals surface area contributed by atoms with Crippen LogP contribution in [0.4, 0.5) is 4.39 Å². The first-order valence-electron chi connectivity index (χ1n) is 4.62. The molecule has 0 aliphatic heterocycles. The van der Waals surface area contributed by atoms with E-state index in [0.717, 1.165) is 5.56 Å². The lowest BCUT2D eigenvalue weighted by atomic mass is 10.1. The first kappa shape index (κ1) is 11.9. The predicted molar refractivity (Wildman–Crippen MR) is 56.4 cm³/mol. The number of hydrogen-bond acceptors (Lipinski definition) is 3. The first-order valence-corrected chi connectivity index (χ1v) is 4.62. The minimum Gasteiger partial charge on any atom is -0.494 e. The highest BCUT2D eigenvalue weighted by Gasteiger charge is 2.14. The van der Waals surface area contributed by atoms with Gasteiger partial charge in [-0.15, -0.1) is 0 Å². The van der Waals surface area contributed by atoms with Gasteiger partial charge in [0.15, 0.2) is 11.6 Å². The van der Waals surface area contributed by atoms with E-state index in [9.17, 15) is 4.39 Å². The summed E-state index contributed by atoms with van der Waals surface area (Å²) < 4.78 is 23.5. The quantitative estimate of drug-likeness (QED) is 0.714. The minimum absolute atomic E-state index is 0.243. The molecule has 4 heteroatoms. The second-order valence-electron chi connectivity index (χ2n) is 3.45. The lowest BCUT2D eigenvalue weighted by Crippen LogP contribution is -2.21. The van der Waals surface area contributed by atoms with Gasteiger partial charge in [-0.1, -0.05) is 6.07 Å². The summed E-state index contributed by atoms with van der Waals surface area (Å²) in [6.07, 6.45) is -0.245. The Morgan fingerprint density at radius 1 is 1.27 bits per heavy atom. The second-order valence-corrected chi connectivity index (χ2v) is 3.45. The highest BCUT2D eigenvalue weighted by atomic mass is 19.1. The molecule has 0 fully saturated rings. The van der Waals surface area contributed by atoms with E-state index in [1.54, 1.807) is 19.2 Å². The van der Waals surface area contributed by atoms with Crippen molar-refractivity contribution >= 4 is 0 Å². The van der Waals surface area contributed by atoms with Crippen LogP contribution in [-0.4, -0.2) is 33.2 Å². The van der Waals surface area contributed by atoms with Crippen LogP contribution >= 0.6 is 0 Å². The van der Waals surface area contributed by atoms with Crippen LogP contribution in [0.5, 0.6) is 5.75 Å². The van der Waals surface area contributed by atoms with Crippen molar-refractivity contribution in [1.82, 2.24) is 4.90 Å². The van der Waals surface area contributed by atoms with Crippen LogP contribution in [0, 0.1) is 5.82 Å². The number of rotatable bonds is 4. The lowest BCUT2D eigenvalue weighted by molar-refractivity contribution is -0.00563. The summed E-state index contributed by atoms with van der Waals surface area (Å²) in [4.78, 5) is 1.86. The van der Waals surface area contributed by atoms with Gasteiger partial charge in [0.2, 0.25) is 0 Å². The second kappa shape index (κ2) is 5.09. The van der Waals surface area contributed by atoms with Crippen molar-refractivity contribution in [1.29, 1.82) is 0 Å². The van der Waals surface area contributed by atoms with Gasteiger partial charge >= 0.3 is 0 Å². The molecule has 1 aromatic rings.